The number of hydrogen-bond acceptors (Lipinski definition) is 3. The highest BCUT2D eigenvalue weighted by Crippen LogP contribution is 2.16. The van der Waals surface area contributed by atoms with Gasteiger partial charge in [0.15, 0.2) is 6.10 Å². The van der Waals surface area contributed by atoms with Gasteiger partial charge in [0.05, 0.1) is 0 Å². The van der Waals surface area contributed by atoms with E-state index in [-0.39, 0.29) is 0 Å². The Labute approximate surface area is 106 Å². The molecule has 1 aromatic carbocycles. The monoisotopic (exact) mass is 251 g/mol. The zero-order valence-electron chi connectivity index (χ0n) is 10.4. The molecule has 1 aromatic rings. The molecule has 0 aliphatic heterocycles. The number of hydrogen-bond donors (Lipinski definition) is 2. The maximum Gasteiger partial charge on any atom is 0.326 e. The van der Waals surface area contributed by atoms with Crippen molar-refractivity contribution in [1.82, 2.24) is 5.32 Å². The minimum Gasteiger partial charge on any atom is -0.480 e. The molecule has 5 heteroatoms. The van der Waals surface area contributed by atoms with Gasteiger partial charge in [-0.15, -0.1) is 0 Å². The molecule has 0 aromatic heterocycles. The van der Waals surface area contributed by atoms with Crippen LogP contribution in [0.15, 0.2) is 30.3 Å². The summed E-state index contributed by atoms with van der Waals surface area (Å²) in [5.41, 5.74) is 0.692. The van der Waals surface area contributed by atoms with Crippen molar-refractivity contribution in [2.45, 2.75) is 25.5 Å². The normalized spacial score (nSPS) is 13.7. The number of carbonyl (C=O) groups excluding carboxylic acids is 1. The van der Waals surface area contributed by atoms with Crippen molar-refractivity contribution in [3.05, 3.63) is 35.9 Å². The van der Waals surface area contributed by atoms with Crippen LogP contribution >= 0.6 is 0 Å². The van der Waals surface area contributed by atoms with Crippen molar-refractivity contribution in [2.75, 3.05) is 7.11 Å². The van der Waals surface area contributed by atoms with E-state index in [4.69, 9.17) is 9.84 Å². The average molecular weight is 251 g/mol. The molecule has 0 saturated carbocycles. The van der Waals surface area contributed by atoms with Crippen molar-refractivity contribution in [3.63, 3.8) is 0 Å². The SMILES string of the molecule is CC[C@@H](NC(=O)C(OC)c1ccccc1)C(=O)O. The molecule has 1 amide bonds. The van der Waals surface area contributed by atoms with Gasteiger partial charge in [-0.3, -0.25) is 4.79 Å². The van der Waals surface area contributed by atoms with E-state index < -0.39 is 24.0 Å². The molecule has 0 aliphatic rings. The summed E-state index contributed by atoms with van der Waals surface area (Å²) in [7, 11) is 1.42. The van der Waals surface area contributed by atoms with Crippen LogP contribution < -0.4 is 5.32 Å². The fourth-order valence-electron chi connectivity index (χ4n) is 1.61. The zero-order valence-corrected chi connectivity index (χ0v) is 10.4. The fraction of sp³-hybridized carbons (Fsp3) is 0.385. The topological polar surface area (TPSA) is 75.6 Å². The van der Waals surface area contributed by atoms with E-state index >= 15 is 0 Å². The molecule has 0 saturated heterocycles. The Morgan fingerprint density at radius 3 is 2.39 bits per heavy atom. The van der Waals surface area contributed by atoms with E-state index in [2.05, 4.69) is 5.32 Å². The number of rotatable bonds is 6. The number of nitrogens with one attached hydrogen (secondary N) is 1. The number of carbonyl (C=O) groups is 2. The quantitative estimate of drug-likeness (QED) is 0.800. The second-order valence-corrected chi connectivity index (χ2v) is 3.83. The van der Waals surface area contributed by atoms with E-state index in [1.54, 1.807) is 31.2 Å². The maximum absolute atomic E-state index is 11.9. The summed E-state index contributed by atoms with van der Waals surface area (Å²) in [5.74, 6) is -1.49. The van der Waals surface area contributed by atoms with Crippen LogP contribution in [0.2, 0.25) is 0 Å². The first kappa shape index (κ1) is 14.2. The lowest BCUT2D eigenvalue weighted by Crippen LogP contribution is -2.43. The van der Waals surface area contributed by atoms with Gasteiger partial charge < -0.3 is 15.2 Å². The molecule has 5 nitrogen and oxygen atoms in total. The Bertz CT molecular complexity index is 405. The van der Waals surface area contributed by atoms with Crippen molar-refractivity contribution in [1.29, 1.82) is 0 Å². The van der Waals surface area contributed by atoms with Crippen molar-refractivity contribution in [3.8, 4) is 0 Å². The average Bonchev–Trinajstić information content (AvgIpc) is 2.37. The number of methoxy groups -OCH3 is 1. The number of aliphatic carboxylic acids is 1. The molecule has 0 heterocycles. The summed E-state index contributed by atoms with van der Waals surface area (Å²) in [6, 6.07) is 8.05. The Kier molecular flexibility index (Phi) is 5.32. The van der Waals surface area contributed by atoms with Crippen LogP contribution in [0.1, 0.15) is 25.0 Å². The molecule has 0 bridgehead atoms. The number of amides is 1. The van der Waals surface area contributed by atoms with Crippen LogP contribution in [0.3, 0.4) is 0 Å². The van der Waals surface area contributed by atoms with Crippen molar-refractivity contribution >= 4 is 11.9 Å². The summed E-state index contributed by atoms with van der Waals surface area (Å²) >= 11 is 0. The van der Waals surface area contributed by atoms with Gasteiger partial charge in [0.1, 0.15) is 6.04 Å². The molecule has 18 heavy (non-hydrogen) atoms. The van der Waals surface area contributed by atoms with Crippen LogP contribution in [-0.4, -0.2) is 30.1 Å². The highest BCUT2D eigenvalue weighted by Gasteiger charge is 2.24. The molecule has 2 atom stereocenters. The Morgan fingerprint density at radius 1 is 1.33 bits per heavy atom. The highest BCUT2D eigenvalue weighted by atomic mass is 16.5. The van der Waals surface area contributed by atoms with Gasteiger partial charge in [-0.05, 0) is 12.0 Å². The Morgan fingerprint density at radius 2 is 1.94 bits per heavy atom. The second-order valence-electron chi connectivity index (χ2n) is 3.83. The van der Waals surface area contributed by atoms with Crippen LogP contribution in [0, 0.1) is 0 Å². The van der Waals surface area contributed by atoms with Gasteiger partial charge in [-0.1, -0.05) is 37.3 Å². The van der Waals surface area contributed by atoms with Gasteiger partial charge in [0.25, 0.3) is 5.91 Å². The molecular weight excluding hydrogens is 234 g/mol. The van der Waals surface area contributed by atoms with Gasteiger partial charge in [0.2, 0.25) is 0 Å². The highest BCUT2D eigenvalue weighted by molar-refractivity contribution is 5.87. The third kappa shape index (κ3) is 3.56. The molecule has 0 fully saturated rings. The van der Waals surface area contributed by atoms with E-state index in [0.29, 0.717) is 12.0 Å². The Hall–Kier alpha value is -1.88. The smallest absolute Gasteiger partial charge is 0.326 e. The maximum atomic E-state index is 11.9. The molecule has 0 spiro atoms. The number of benzene rings is 1. The third-order valence-electron chi connectivity index (χ3n) is 2.60. The lowest BCUT2D eigenvalue weighted by atomic mass is 10.1. The lowest BCUT2D eigenvalue weighted by Gasteiger charge is -2.18. The summed E-state index contributed by atoms with van der Waals surface area (Å²) in [5, 5.41) is 11.3. The van der Waals surface area contributed by atoms with E-state index in [0.717, 1.165) is 0 Å². The lowest BCUT2D eigenvalue weighted by molar-refractivity contribution is -0.144. The molecule has 98 valence electrons. The fourth-order valence-corrected chi connectivity index (χ4v) is 1.61. The number of carboxylic acids is 1. The predicted molar refractivity (Wildman–Crippen MR) is 66.0 cm³/mol. The Balaban J connectivity index is 2.78. The van der Waals surface area contributed by atoms with E-state index in [1.807, 2.05) is 6.07 Å². The second kappa shape index (κ2) is 6.76. The number of carboxylic acid groups (broad SMARTS) is 1. The largest absolute Gasteiger partial charge is 0.480 e. The first-order valence-corrected chi connectivity index (χ1v) is 5.71. The summed E-state index contributed by atoms with van der Waals surface area (Å²) < 4.78 is 5.12. The van der Waals surface area contributed by atoms with Crippen molar-refractivity contribution in [2.24, 2.45) is 0 Å². The van der Waals surface area contributed by atoms with Crippen LogP contribution in [-0.2, 0) is 14.3 Å². The van der Waals surface area contributed by atoms with Crippen LogP contribution in [0.5, 0.6) is 0 Å². The zero-order chi connectivity index (χ0) is 13.5. The van der Waals surface area contributed by atoms with Gasteiger partial charge >= 0.3 is 5.97 Å². The minimum atomic E-state index is -1.05. The molecule has 0 aliphatic carbocycles. The van der Waals surface area contributed by atoms with E-state index in [1.165, 1.54) is 7.11 Å². The van der Waals surface area contributed by atoms with E-state index in [9.17, 15) is 9.59 Å². The molecule has 1 rings (SSSR count). The summed E-state index contributed by atoms with van der Waals surface area (Å²) in [6.07, 6.45) is -0.466. The van der Waals surface area contributed by atoms with Crippen LogP contribution in [0.4, 0.5) is 0 Å². The first-order valence-electron chi connectivity index (χ1n) is 5.71. The van der Waals surface area contributed by atoms with Crippen molar-refractivity contribution < 1.29 is 19.4 Å². The molecular formula is C13H17NO4. The standard InChI is InChI=1S/C13H17NO4/c1-3-10(13(16)17)14-12(15)11(18-2)9-7-5-4-6-8-9/h4-8,10-11H,3H2,1-2H3,(H,14,15)(H,16,17)/t10-,11?/m1/s1. The molecule has 0 radical (unpaired) electrons. The summed E-state index contributed by atoms with van der Waals surface area (Å²) in [4.78, 5) is 22.8. The first-order chi connectivity index (χ1) is 8.60. The minimum absolute atomic E-state index is 0.326. The molecule has 1 unspecified atom stereocenters. The number of ether oxygens (including phenoxy) is 1. The molecule has 2 N–H and O–H groups in total. The predicted octanol–water partition coefficient (Wildman–Crippen LogP) is 1.35. The van der Waals surface area contributed by atoms with Gasteiger partial charge in [-0.25, -0.2) is 4.79 Å². The third-order valence-corrected chi connectivity index (χ3v) is 2.60. The van der Waals surface area contributed by atoms with Crippen LogP contribution in [0.25, 0.3) is 0 Å². The van der Waals surface area contributed by atoms with Gasteiger partial charge in [-0.2, -0.15) is 0 Å². The summed E-state index contributed by atoms with van der Waals surface area (Å²) in [6.45, 7) is 1.70. The van der Waals surface area contributed by atoms with Gasteiger partial charge in [0, 0.05) is 7.11 Å².